The number of likely N-dealkylation sites (N-methyl/N-ethyl adjacent to an activating group) is 1. The highest BCUT2D eigenvalue weighted by Crippen LogP contribution is 2.34. The van der Waals surface area contributed by atoms with Crippen LogP contribution in [0.1, 0.15) is 37.8 Å². The average molecular weight is 361 g/mol. The molecule has 0 unspecified atom stereocenters. The summed E-state index contributed by atoms with van der Waals surface area (Å²) >= 11 is 1.37. The molecule has 3 rings (SSSR count). The van der Waals surface area contributed by atoms with Gasteiger partial charge in [-0.1, -0.05) is 0 Å². The van der Waals surface area contributed by atoms with Crippen LogP contribution in [-0.2, 0) is 4.79 Å². The van der Waals surface area contributed by atoms with Crippen molar-refractivity contribution >= 4 is 34.6 Å². The predicted molar refractivity (Wildman–Crippen MR) is 104 cm³/mol. The molecule has 2 aliphatic heterocycles. The zero-order valence-electron chi connectivity index (χ0n) is 15.0. The third-order valence-electron chi connectivity index (χ3n) is 4.57. The maximum atomic E-state index is 14.6. The molecular formula is C19H24FN3OS. The van der Waals surface area contributed by atoms with E-state index < -0.39 is 0 Å². The summed E-state index contributed by atoms with van der Waals surface area (Å²) in [6.45, 7) is 8.89. The molecule has 25 heavy (non-hydrogen) atoms. The van der Waals surface area contributed by atoms with Crippen molar-refractivity contribution in [3.8, 4) is 0 Å². The molecular weight excluding hydrogens is 337 g/mol. The lowest BCUT2D eigenvalue weighted by molar-refractivity contribution is -0.122. The molecule has 2 fully saturated rings. The Labute approximate surface area is 152 Å². The van der Waals surface area contributed by atoms with Crippen molar-refractivity contribution in [1.82, 2.24) is 4.90 Å². The van der Waals surface area contributed by atoms with Crippen LogP contribution in [0.25, 0.3) is 6.08 Å². The molecule has 6 heteroatoms. The molecule has 0 saturated carbocycles. The molecule has 0 radical (unpaired) electrons. The lowest BCUT2D eigenvalue weighted by atomic mass is 10.1. The summed E-state index contributed by atoms with van der Waals surface area (Å²) in [5, 5.41) is 0.730. The first-order valence-corrected chi connectivity index (χ1v) is 9.67. The van der Waals surface area contributed by atoms with Gasteiger partial charge in [-0.05, 0) is 74.7 Å². The number of halogens is 1. The lowest BCUT2D eigenvalue weighted by Gasteiger charge is -2.19. The van der Waals surface area contributed by atoms with Crippen LogP contribution in [0.4, 0.5) is 10.1 Å². The maximum absolute atomic E-state index is 14.6. The van der Waals surface area contributed by atoms with E-state index in [0.717, 1.165) is 42.2 Å². The van der Waals surface area contributed by atoms with Crippen molar-refractivity contribution in [2.75, 3.05) is 31.1 Å². The molecule has 0 N–H and O–H groups in total. The van der Waals surface area contributed by atoms with Gasteiger partial charge in [-0.15, -0.1) is 0 Å². The third kappa shape index (κ3) is 3.59. The van der Waals surface area contributed by atoms with Crippen molar-refractivity contribution in [2.24, 2.45) is 4.99 Å². The Balaban J connectivity index is 1.92. The van der Waals surface area contributed by atoms with Gasteiger partial charge in [0.2, 0.25) is 0 Å². The molecule has 4 nitrogen and oxygen atoms in total. The second-order valence-corrected chi connectivity index (χ2v) is 7.28. The summed E-state index contributed by atoms with van der Waals surface area (Å²) < 4.78 is 14.6. The topological polar surface area (TPSA) is 35.9 Å². The summed E-state index contributed by atoms with van der Waals surface area (Å²) in [4.78, 5) is 21.3. The molecule has 0 spiro atoms. The minimum atomic E-state index is -0.218. The van der Waals surface area contributed by atoms with Gasteiger partial charge in [-0.3, -0.25) is 14.7 Å². The largest absolute Gasteiger partial charge is 0.369 e. The van der Waals surface area contributed by atoms with Crippen molar-refractivity contribution in [2.45, 2.75) is 33.6 Å². The number of hydrogen-bond donors (Lipinski definition) is 0. The normalized spacial score (nSPS) is 21.2. The highest BCUT2D eigenvalue weighted by atomic mass is 32.2. The molecule has 0 aliphatic carbocycles. The number of rotatable bonds is 4. The Morgan fingerprint density at radius 1 is 1.28 bits per heavy atom. The van der Waals surface area contributed by atoms with Gasteiger partial charge in [0.1, 0.15) is 5.82 Å². The Kier molecular flexibility index (Phi) is 5.47. The number of aliphatic imine (C=N–C) groups is 1. The van der Waals surface area contributed by atoms with Crippen LogP contribution >= 0.6 is 11.8 Å². The molecule has 2 aliphatic rings. The fourth-order valence-corrected chi connectivity index (χ4v) is 4.31. The number of nitrogens with zero attached hydrogens (tertiary/aromatic N) is 3. The summed E-state index contributed by atoms with van der Waals surface area (Å²) in [5.41, 5.74) is 2.41. The Morgan fingerprint density at radius 3 is 2.64 bits per heavy atom. The smallest absolute Gasteiger partial charge is 0.266 e. The lowest BCUT2D eigenvalue weighted by Crippen LogP contribution is -2.28. The molecule has 1 amide bonds. The molecule has 0 bridgehead atoms. The number of hydrogen-bond acceptors (Lipinski definition) is 4. The van der Waals surface area contributed by atoms with Gasteiger partial charge in [0.15, 0.2) is 5.17 Å². The van der Waals surface area contributed by atoms with E-state index in [1.54, 1.807) is 17.0 Å². The van der Waals surface area contributed by atoms with Crippen LogP contribution < -0.4 is 4.90 Å². The zero-order valence-corrected chi connectivity index (χ0v) is 15.8. The van der Waals surface area contributed by atoms with Crippen molar-refractivity contribution in [1.29, 1.82) is 0 Å². The first-order chi connectivity index (χ1) is 12.0. The summed E-state index contributed by atoms with van der Waals surface area (Å²) in [5.74, 6) is -0.271. The van der Waals surface area contributed by atoms with E-state index in [4.69, 9.17) is 0 Å². The van der Waals surface area contributed by atoms with Gasteiger partial charge >= 0.3 is 0 Å². The van der Waals surface area contributed by atoms with E-state index in [0.29, 0.717) is 23.7 Å². The number of carbonyl (C=O) groups is 1. The summed E-state index contributed by atoms with van der Waals surface area (Å²) in [6.07, 6.45) is 4.02. The van der Waals surface area contributed by atoms with Crippen LogP contribution in [0.2, 0.25) is 0 Å². The van der Waals surface area contributed by atoms with Gasteiger partial charge in [-0.25, -0.2) is 4.39 Å². The van der Waals surface area contributed by atoms with Crippen molar-refractivity contribution < 1.29 is 9.18 Å². The Bertz CT molecular complexity index is 738. The highest BCUT2D eigenvalue weighted by Gasteiger charge is 2.32. The number of benzene rings is 1. The number of aryl methyl sites for hydroxylation is 1. The van der Waals surface area contributed by atoms with Crippen LogP contribution in [0, 0.1) is 12.7 Å². The number of anilines is 1. The summed E-state index contributed by atoms with van der Waals surface area (Å²) in [7, 11) is 0. The standard InChI is InChI=1S/C19H24FN3OS/c1-4-21-19-23(5-2)18(24)17(25-19)12-14-11-15(20)16(10-13(14)3)22-8-6-7-9-22/h10-12H,4-9H2,1-3H3/b17-12-,21-19?. The van der Waals surface area contributed by atoms with Crippen LogP contribution in [0.15, 0.2) is 22.0 Å². The van der Waals surface area contributed by atoms with E-state index in [2.05, 4.69) is 9.89 Å². The third-order valence-corrected chi connectivity index (χ3v) is 5.61. The molecule has 2 heterocycles. The highest BCUT2D eigenvalue weighted by molar-refractivity contribution is 8.18. The SMILES string of the molecule is CCN=C1S/C(=C\c2cc(F)c(N3CCCC3)cc2C)C(=O)N1CC. The van der Waals surface area contributed by atoms with Gasteiger partial charge in [0.05, 0.1) is 10.6 Å². The first kappa shape index (κ1) is 18.0. The van der Waals surface area contributed by atoms with E-state index in [-0.39, 0.29) is 11.7 Å². The molecule has 2 saturated heterocycles. The number of thioether (sulfide) groups is 1. The Morgan fingerprint density at radius 2 is 2.00 bits per heavy atom. The molecule has 1 aromatic carbocycles. The van der Waals surface area contributed by atoms with Gasteiger partial charge in [0, 0.05) is 26.2 Å². The van der Waals surface area contributed by atoms with Crippen molar-refractivity contribution in [3.05, 3.63) is 34.0 Å². The predicted octanol–water partition coefficient (Wildman–Crippen LogP) is 4.05. The van der Waals surface area contributed by atoms with Crippen LogP contribution in [0.3, 0.4) is 0 Å². The van der Waals surface area contributed by atoms with Gasteiger partial charge in [0.25, 0.3) is 5.91 Å². The molecule has 0 atom stereocenters. The number of amidine groups is 1. The molecule has 1 aromatic rings. The Hall–Kier alpha value is -1.82. The second kappa shape index (κ2) is 7.60. The van der Waals surface area contributed by atoms with E-state index in [9.17, 15) is 9.18 Å². The van der Waals surface area contributed by atoms with Crippen molar-refractivity contribution in [3.63, 3.8) is 0 Å². The minimum absolute atomic E-state index is 0.0527. The van der Waals surface area contributed by atoms with Crippen LogP contribution in [0.5, 0.6) is 0 Å². The monoisotopic (exact) mass is 361 g/mol. The fourth-order valence-electron chi connectivity index (χ4n) is 3.22. The molecule has 134 valence electrons. The zero-order chi connectivity index (χ0) is 18.0. The van der Waals surface area contributed by atoms with E-state index in [1.165, 1.54) is 11.8 Å². The second-order valence-electron chi connectivity index (χ2n) is 6.27. The minimum Gasteiger partial charge on any atom is -0.369 e. The van der Waals surface area contributed by atoms with E-state index in [1.807, 2.05) is 26.8 Å². The van der Waals surface area contributed by atoms with Crippen LogP contribution in [-0.4, -0.2) is 42.2 Å². The first-order valence-electron chi connectivity index (χ1n) is 8.86. The molecule has 0 aromatic heterocycles. The van der Waals surface area contributed by atoms with Gasteiger partial charge in [-0.2, -0.15) is 0 Å². The maximum Gasteiger partial charge on any atom is 0.266 e. The summed E-state index contributed by atoms with van der Waals surface area (Å²) in [6, 6.07) is 3.45. The van der Waals surface area contributed by atoms with Gasteiger partial charge < -0.3 is 4.90 Å². The number of amides is 1. The number of carbonyl (C=O) groups excluding carboxylic acids is 1. The fraction of sp³-hybridized carbons (Fsp3) is 0.474. The quantitative estimate of drug-likeness (QED) is 0.759. The average Bonchev–Trinajstić information content (AvgIpc) is 3.20. The van der Waals surface area contributed by atoms with E-state index >= 15 is 0 Å².